The molecule has 0 aliphatic heterocycles. The molecule has 0 unspecified atom stereocenters. The van der Waals surface area contributed by atoms with Gasteiger partial charge < -0.3 is 9.64 Å². The van der Waals surface area contributed by atoms with Crippen LogP contribution in [0.15, 0.2) is 48.8 Å². The zero-order chi connectivity index (χ0) is 17.7. The molecule has 2 rings (SSSR count). The van der Waals surface area contributed by atoms with Gasteiger partial charge in [0.05, 0.1) is 5.69 Å². The maximum absolute atomic E-state index is 12.4. The summed E-state index contributed by atoms with van der Waals surface area (Å²) in [5, 5.41) is -1.22. The quantitative estimate of drug-likeness (QED) is 0.863. The number of aromatic nitrogens is 1. The molecule has 128 valence electrons. The lowest BCUT2D eigenvalue weighted by molar-refractivity contribution is -0.127. The van der Waals surface area contributed by atoms with Gasteiger partial charge in [-0.15, -0.1) is 0 Å². The molecule has 7 nitrogen and oxygen atoms in total. The highest BCUT2D eigenvalue weighted by molar-refractivity contribution is 7.94. The van der Waals surface area contributed by atoms with E-state index in [-0.39, 0.29) is 5.69 Å². The Morgan fingerprint density at radius 3 is 2.42 bits per heavy atom. The number of benzene rings is 1. The van der Waals surface area contributed by atoms with Crippen molar-refractivity contribution < 1.29 is 17.9 Å². The Bertz CT molecular complexity index is 807. The third-order valence-corrected chi connectivity index (χ3v) is 4.91. The molecule has 1 N–H and O–H groups in total. The van der Waals surface area contributed by atoms with Crippen molar-refractivity contribution in [1.82, 2.24) is 9.88 Å². The van der Waals surface area contributed by atoms with Crippen molar-refractivity contribution in [1.29, 1.82) is 0 Å². The Kier molecular flexibility index (Phi) is 5.40. The summed E-state index contributed by atoms with van der Waals surface area (Å²) in [4.78, 5) is 17.1. The van der Waals surface area contributed by atoms with E-state index >= 15 is 0 Å². The van der Waals surface area contributed by atoms with Gasteiger partial charge in [0.1, 0.15) is 5.75 Å². The molecule has 1 heterocycles. The molecule has 2 aromatic rings. The van der Waals surface area contributed by atoms with Gasteiger partial charge in [-0.25, -0.2) is 8.42 Å². The van der Waals surface area contributed by atoms with E-state index in [2.05, 4.69) is 9.71 Å². The normalized spacial score (nSPS) is 12.3. The Balaban J connectivity index is 2.25. The minimum atomic E-state index is -3.91. The van der Waals surface area contributed by atoms with E-state index < -0.39 is 21.2 Å². The van der Waals surface area contributed by atoms with Crippen molar-refractivity contribution in [3.8, 4) is 11.5 Å². The van der Waals surface area contributed by atoms with E-state index in [4.69, 9.17) is 4.74 Å². The second kappa shape index (κ2) is 7.31. The molecule has 1 aromatic heterocycles. The predicted octanol–water partition coefficient (Wildman–Crippen LogP) is 2.09. The summed E-state index contributed by atoms with van der Waals surface area (Å²) < 4.78 is 33.0. The Morgan fingerprint density at radius 1 is 1.17 bits per heavy atom. The fraction of sp³-hybridized carbons (Fsp3) is 0.250. The van der Waals surface area contributed by atoms with Crippen LogP contribution in [0.4, 0.5) is 5.69 Å². The van der Waals surface area contributed by atoms with Gasteiger partial charge in [-0.05, 0) is 31.2 Å². The lowest BCUT2D eigenvalue weighted by Crippen LogP contribution is -2.39. The Hall–Kier alpha value is -2.61. The van der Waals surface area contributed by atoms with Crippen molar-refractivity contribution in [3.05, 3.63) is 48.8 Å². The number of nitrogens with zero attached hydrogens (tertiary/aromatic N) is 2. The van der Waals surface area contributed by atoms with Crippen molar-refractivity contribution in [2.24, 2.45) is 0 Å². The van der Waals surface area contributed by atoms with Gasteiger partial charge in [-0.2, -0.15) is 0 Å². The highest BCUT2D eigenvalue weighted by Gasteiger charge is 2.29. The van der Waals surface area contributed by atoms with Crippen LogP contribution in [0, 0.1) is 0 Å². The Morgan fingerprint density at radius 2 is 1.79 bits per heavy atom. The van der Waals surface area contributed by atoms with Crippen LogP contribution >= 0.6 is 0 Å². The monoisotopic (exact) mass is 349 g/mol. The van der Waals surface area contributed by atoms with Crippen molar-refractivity contribution in [2.45, 2.75) is 12.2 Å². The second-order valence-electron chi connectivity index (χ2n) is 5.30. The van der Waals surface area contributed by atoms with Gasteiger partial charge in [0.2, 0.25) is 15.9 Å². The number of rotatable bonds is 6. The molecular formula is C16H19N3O4S. The maximum atomic E-state index is 12.4. The van der Waals surface area contributed by atoms with Crippen LogP contribution < -0.4 is 9.46 Å². The minimum Gasteiger partial charge on any atom is -0.455 e. The summed E-state index contributed by atoms with van der Waals surface area (Å²) in [6.07, 6.45) is 3.14. The van der Waals surface area contributed by atoms with Gasteiger partial charge in [-0.1, -0.05) is 12.1 Å². The summed E-state index contributed by atoms with van der Waals surface area (Å²) in [5.41, 5.74) is 0.257. The molecule has 8 heteroatoms. The molecule has 1 aromatic carbocycles. The number of nitrogens with one attached hydrogen (secondary N) is 1. The average Bonchev–Trinajstić information content (AvgIpc) is 2.56. The van der Waals surface area contributed by atoms with Crippen LogP contribution in [0.3, 0.4) is 0 Å². The zero-order valence-electron chi connectivity index (χ0n) is 13.6. The molecule has 0 spiro atoms. The van der Waals surface area contributed by atoms with E-state index in [1.54, 1.807) is 48.8 Å². The summed E-state index contributed by atoms with van der Waals surface area (Å²) in [6, 6.07) is 9.92. The number of anilines is 1. The fourth-order valence-electron chi connectivity index (χ4n) is 1.91. The minimum absolute atomic E-state index is 0.257. The number of sulfonamides is 1. The van der Waals surface area contributed by atoms with E-state index in [0.717, 1.165) is 0 Å². The first-order valence-electron chi connectivity index (χ1n) is 7.21. The highest BCUT2D eigenvalue weighted by Crippen LogP contribution is 2.30. The molecule has 0 aliphatic carbocycles. The molecular weight excluding hydrogens is 330 g/mol. The lowest BCUT2D eigenvalue weighted by Gasteiger charge is -2.19. The number of hydrogen-bond acceptors (Lipinski definition) is 5. The number of para-hydroxylation sites is 2. The number of hydrogen-bond donors (Lipinski definition) is 1. The maximum Gasteiger partial charge on any atom is 0.244 e. The topological polar surface area (TPSA) is 88.6 Å². The fourth-order valence-corrected chi connectivity index (χ4v) is 3.04. The first-order chi connectivity index (χ1) is 11.3. The average molecular weight is 349 g/mol. The van der Waals surface area contributed by atoms with Crippen LogP contribution in [0.5, 0.6) is 11.5 Å². The second-order valence-corrected chi connectivity index (χ2v) is 7.30. The van der Waals surface area contributed by atoms with Crippen molar-refractivity contribution in [2.75, 3.05) is 18.8 Å². The first-order valence-corrected chi connectivity index (χ1v) is 8.75. The van der Waals surface area contributed by atoms with E-state index in [0.29, 0.717) is 11.5 Å². The number of ether oxygens (including phenoxy) is 1. The number of carbonyl (C=O) groups is 1. The van der Waals surface area contributed by atoms with Crippen LogP contribution in [0.25, 0.3) is 0 Å². The number of carbonyl (C=O) groups excluding carboxylic acids is 1. The predicted molar refractivity (Wildman–Crippen MR) is 91.5 cm³/mol. The lowest BCUT2D eigenvalue weighted by atomic mass is 10.3. The standard InChI is InChI=1S/C16H19N3O4S/c1-12(16(20)19(2)3)24(21,22)18-14-6-4-5-7-15(14)23-13-8-10-17-11-9-13/h4-12,18H,1-3H3/t12-/m0/s1. The molecule has 0 saturated heterocycles. The summed E-state index contributed by atoms with van der Waals surface area (Å²) >= 11 is 0. The van der Waals surface area contributed by atoms with Crippen LogP contribution in [-0.2, 0) is 14.8 Å². The summed E-state index contributed by atoms with van der Waals surface area (Å²) in [7, 11) is -0.888. The molecule has 1 amide bonds. The third-order valence-electron chi connectivity index (χ3n) is 3.27. The highest BCUT2D eigenvalue weighted by atomic mass is 32.2. The molecule has 0 saturated carbocycles. The third kappa shape index (κ3) is 4.23. The molecule has 0 fully saturated rings. The molecule has 24 heavy (non-hydrogen) atoms. The Labute approximate surface area is 141 Å². The zero-order valence-corrected chi connectivity index (χ0v) is 14.4. The van der Waals surface area contributed by atoms with E-state index in [1.807, 2.05) is 0 Å². The SMILES string of the molecule is C[C@@H](C(=O)N(C)C)S(=O)(=O)Nc1ccccc1Oc1ccncc1. The molecule has 0 aliphatic rings. The largest absolute Gasteiger partial charge is 0.455 e. The van der Waals surface area contributed by atoms with Crippen LogP contribution in [-0.4, -0.2) is 43.6 Å². The summed E-state index contributed by atoms with van der Waals surface area (Å²) in [6.45, 7) is 1.34. The van der Waals surface area contributed by atoms with Crippen molar-refractivity contribution in [3.63, 3.8) is 0 Å². The molecule has 0 radical (unpaired) electrons. The van der Waals surface area contributed by atoms with Gasteiger partial charge in [0, 0.05) is 26.5 Å². The first kappa shape index (κ1) is 17.7. The number of amides is 1. The van der Waals surface area contributed by atoms with Gasteiger partial charge in [0.25, 0.3) is 0 Å². The van der Waals surface area contributed by atoms with Gasteiger partial charge in [0.15, 0.2) is 11.0 Å². The van der Waals surface area contributed by atoms with Crippen LogP contribution in [0.1, 0.15) is 6.92 Å². The number of pyridine rings is 1. The van der Waals surface area contributed by atoms with Gasteiger partial charge in [-0.3, -0.25) is 14.5 Å². The van der Waals surface area contributed by atoms with Crippen LogP contribution in [0.2, 0.25) is 0 Å². The van der Waals surface area contributed by atoms with Crippen molar-refractivity contribution >= 4 is 21.6 Å². The summed E-state index contributed by atoms with van der Waals surface area (Å²) in [5.74, 6) is 0.348. The molecule has 0 bridgehead atoms. The smallest absolute Gasteiger partial charge is 0.244 e. The van der Waals surface area contributed by atoms with E-state index in [9.17, 15) is 13.2 Å². The van der Waals surface area contributed by atoms with E-state index in [1.165, 1.54) is 25.9 Å². The van der Waals surface area contributed by atoms with Gasteiger partial charge >= 0.3 is 0 Å². The molecule has 1 atom stereocenters.